The van der Waals surface area contributed by atoms with Crippen molar-refractivity contribution in [2.75, 3.05) is 7.11 Å². The van der Waals surface area contributed by atoms with Crippen molar-refractivity contribution >= 4 is 5.97 Å². The molecule has 0 amide bonds. The molecule has 0 saturated heterocycles. The first-order chi connectivity index (χ1) is 14.2. The Labute approximate surface area is 171 Å². The third-order valence-electron chi connectivity index (χ3n) is 7.03. The highest BCUT2D eigenvalue weighted by Gasteiger charge is 2.52. The number of carbonyl (C=O) groups excluding carboxylic acids is 1. The summed E-state index contributed by atoms with van der Waals surface area (Å²) in [6.07, 6.45) is 6.96. The van der Waals surface area contributed by atoms with E-state index in [9.17, 15) is 4.79 Å². The molecule has 2 bridgehead atoms. The van der Waals surface area contributed by atoms with Crippen LogP contribution in [0.2, 0.25) is 0 Å². The Morgan fingerprint density at radius 1 is 0.966 bits per heavy atom. The van der Waals surface area contributed by atoms with Crippen LogP contribution in [0.15, 0.2) is 72.9 Å². The Kier molecular flexibility index (Phi) is 4.46. The molecule has 0 N–H and O–H groups in total. The topological polar surface area (TPSA) is 39.2 Å². The number of hydrogen-bond acceptors (Lipinski definition) is 3. The molecule has 2 aromatic carbocycles. The molecule has 1 heterocycles. The molecule has 1 unspecified atom stereocenters. The second-order valence-corrected chi connectivity index (χ2v) is 8.41. The molecule has 2 fully saturated rings. The van der Waals surface area contributed by atoms with Gasteiger partial charge in [0.25, 0.3) is 0 Å². The zero-order valence-corrected chi connectivity index (χ0v) is 16.7. The van der Waals surface area contributed by atoms with Gasteiger partial charge in [0.1, 0.15) is 0 Å². The molecule has 146 valence electrons. The molecule has 2 aliphatic carbocycles. The number of ether oxygens (including phenoxy) is 1. The molecule has 3 atom stereocenters. The highest BCUT2D eigenvalue weighted by molar-refractivity contribution is 5.89. The number of rotatable bonds is 4. The largest absolute Gasteiger partial charge is 0.465 e. The van der Waals surface area contributed by atoms with Crippen LogP contribution in [-0.4, -0.2) is 18.1 Å². The monoisotopic (exact) mass is 383 g/mol. The number of benzene rings is 2. The van der Waals surface area contributed by atoms with E-state index >= 15 is 0 Å². The molecule has 0 spiro atoms. The van der Waals surface area contributed by atoms with Gasteiger partial charge in [-0.25, -0.2) is 4.79 Å². The van der Waals surface area contributed by atoms with Crippen LogP contribution in [0.1, 0.15) is 47.2 Å². The van der Waals surface area contributed by atoms with Gasteiger partial charge in [-0.05, 0) is 66.5 Å². The van der Waals surface area contributed by atoms with Crippen molar-refractivity contribution in [3.05, 3.63) is 89.6 Å². The molecule has 1 aromatic heterocycles. The predicted octanol–water partition coefficient (Wildman–Crippen LogP) is 5.64. The van der Waals surface area contributed by atoms with Crippen molar-refractivity contribution < 1.29 is 9.53 Å². The molecule has 0 aliphatic heterocycles. The average Bonchev–Trinajstić information content (AvgIpc) is 3.42. The quantitative estimate of drug-likeness (QED) is 0.547. The van der Waals surface area contributed by atoms with Gasteiger partial charge in [0.2, 0.25) is 0 Å². The maximum absolute atomic E-state index is 11.9. The van der Waals surface area contributed by atoms with Gasteiger partial charge in [0.05, 0.1) is 18.4 Å². The fourth-order valence-electron chi connectivity index (χ4n) is 5.70. The Morgan fingerprint density at radius 3 is 2.24 bits per heavy atom. The standard InChI is InChI=1S/C26H25NO2/c1-29-25(28)20-8-13-22(14-9-20)26(17-18-5-10-23(26)16-18)21-11-6-19(7-12-21)24-4-2-3-15-27-24/h2-4,6-9,11-15,18,23H,5,10,16-17H2,1H3/t18?,23-,26-/m1/s1. The van der Waals surface area contributed by atoms with Crippen molar-refractivity contribution in [1.29, 1.82) is 0 Å². The predicted molar refractivity (Wildman–Crippen MR) is 114 cm³/mol. The van der Waals surface area contributed by atoms with Gasteiger partial charge in [-0.1, -0.05) is 48.9 Å². The third-order valence-corrected chi connectivity index (χ3v) is 7.03. The number of hydrogen-bond donors (Lipinski definition) is 0. The summed E-state index contributed by atoms with van der Waals surface area (Å²) in [6, 6.07) is 23.1. The van der Waals surface area contributed by atoms with Crippen LogP contribution in [0.5, 0.6) is 0 Å². The van der Waals surface area contributed by atoms with E-state index in [0.717, 1.165) is 17.2 Å². The summed E-state index contributed by atoms with van der Waals surface area (Å²) < 4.78 is 4.87. The Bertz CT molecular complexity index is 1010. The molecule has 5 rings (SSSR count). The van der Waals surface area contributed by atoms with Gasteiger partial charge in [-0.3, -0.25) is 4.98 Å². The number of fused-ring (bicyclic) bond motifs is 2. The van der Waals surface area contributed by atoms with Crippen molar-refractivity contribution in [2.24, 2.45) is 11.8 Å². The molecule has 2 aliphatic rings. The maximum Gasteiger partial charge on any atom is 0.337 e. The van der Waals surface area contributed by atoms with Crippen LogP contribution in [0.25, 0.3) is 11.3 Å². The van der Waals surface area contributed by atoms with Crippen LogP contribution in [-0.2, 0) is 10.2 Å². The van der Waals surface area contributed by atoms with Crippen LogP contribution < -0.4 is 0 Å². The van der Waals surface area contributed by atoms with E-state index in [0.29, 0.717) is 11.5 Å². The van der Waals surface area contributed by atoms with Gasteiger partial charge in [-0.15, -0.1) is 0 Å². The smallest absolute Gasteiger partial charge is 0.337 e. The van der Waals surface area contributed by atoms with Gasteiger partial charge in [0.15, 0.2) is 0 Å². The summed E-state index contributed by atoms with van der Waals surface area (Å²) in [7, 11) is 1.43. The Balaban J connectivity index is 1.55. The second kappa shape index (κ2) is 7.14. The first kappa shape index (κ1) is 18.1. The lowest BCUT2D eigenvalue weighted by Crippen LogP contribution is -2.34. The van der Waals surface area contributed by atoms with Crippen molar-refractivity contribution in [1.82, 2.24) is 4.98 Å². The van der Waals surface area contributed by atoms with E-state index in [2.05, 4.69) is 41.4 Å². The molecule has 2 saturated carbocycles. The van der Waals surface area contributed by atoms with E-state index in [4.69, 9.17) is 4.74 Å². The number of esters is 1. The summed E-state index contributed by atoms with van der Waals surface area (Å²) in [5.74, 6) is 1.19. The molecule has 3 nitrogen and oxygen atoms in total. The lowest BCUT2D eigenvalue weighted by molar-refractivity contribution is 0.0600. The summed E-state index contributed by atoms with van der Waals surface area (Å²) in [6.45, 7) is 0. The molecule has 0 radical (unpaired) electrons. The van der Waals surface area contributed by atoms with Gasteiger partial charge in [-0.2, -0.15) is 0 Å². The van der Waals surface area contributed by atoms with Crippen LogP contribution in [0.3, 0.4) is 0 Å². The second-order valence-electron chi connectivity index (χ2n) is 8.41. The summed E-state index contributed by atoms with van der Waals surface area (Å²) in [5.41, 5.74) is 5.51. The van der Waals surface area contributed by atoms with Crippen molar-refractivity contribution in [3.63, 3.8) is 0 Å². The maximum atomic E-state index is 11.9. The number of methoxy groups -OCH3 is 1. The number of aromatic nitrogens is 1. The zero-order chi connectivity index (χ0) is 19.8. The summed E-state index contributed by atoms with van der Waals surface area (Å²) in [4.78, 5) is 16.3. The average molecular weight is 383 g/mol. The first-order valence-electron chi connectivity index (χ1n) is 10.4. The molecule has 3 aromatic rings. The number of carbonyl (C=O) groups is 1. The molecular weight excluding hydrogens is 358 g/mol. The minimum Gasteiger partial charge on any atom is -0.465 e. The summed E-state index contributed by atoms with van der Waals surface area (Å²) in [5, 5.41) is 0. The van der Waals surface area contributed by atoms with Gasteiger partial charge < -0.3 is 4.74 Å². The van der Waals surface area contributed by atoms with E-state index in [1.54, 1.807) is 0 Å². The van der Waals surface area contributed by atoms with Crippen LogP contribution >= 0.6 is 0 Å². The van der Waals surface area contributed by atoms with Gasteiger partial charge >= 0.3 is 5.97 Å². The van der Waals surface area contributed by atoms with E-state index < -0.39 is 0 Å². The lowest BCUT2D eigenvalue weighted by Gasteiger charge is -2.39. The van der Waals surface area contributed by atoms with Crippen LogP contribution in [0.4, 0.5) is 0 Å². The summed E-state index contributed by atoms with van der Waals surface area (Å²) >= 11 is 0. The van der Waals surface area contributed by atoms with Crippen LogP contribution in [0, 0.1) is 11.8 Å². The lowest BCUT2D eigenvalue weighted by atomic mass is 9.64. The minimum atomic E-state index is -0.279. The van der Waals surface area contributed by atoms with Crippen molar-refractivity contribution in [3.8, 4) is 11.3 Å². The molecular formula is C26H25NO2. The molecule has 3 heteroatoms. The number of nitrogens with zero attached hydrogens (tertiary/aromatic N) is 1. The minimum absolute atomic E-state index is 0.0419. The fourth-order valence-corrected chi connectivity index (χ4v) is 5.70. The normalized spacial score (nSPS) is 25.1. The van der Waals surface area contributed by atoms with E-state index in [1.807, 2.05) is 36.5 Å². The SMILES string of the molecule is COC(=O)c1ccc([C@]2(c3ccc(-c4ccccn4)cc3)CC3CC[C@@H]2C3)cc1. The first-order valence-corrected chi connectivity index (χ1v) is 10.4. The highest BCUT2D eigenvalue weighted by Crippen LogP contribution is 2.60. The highest BCUT2D eigenvalue weighted by atomic mass is 16.5. The van der Waals surface area contributed by atoms with E-state index in [1.165, 1.54) is 43.9 Å². The fraction of sp³-hybridized carbons (Fsp3) is 0.308. The Morgan fingerprint density at radius 2 is 1.69 bits per heavy atom. The molecule has 29 heavy (non-hydrogen) atoms. The van der Waals surface area contributed by atoms with E-state index in [-0.39, 0.29) is 11.4 Å². The van der Waals surface area contributed by atoms with Gasteiger partial charge in [0, 0.05) is 17.2 Å². The zero-order valence-electron chi connectivity index (χ0n) is 16.7. The third kappa shape index (κ3) is 2.96. The number of pyridine rings is 1. The van der Waals surface area contributed by atoms with Crippen molar-refractivity contribution in [2.45, 2.75) is 31.1 Å². The Hall–Kier alpha value is -2.94.